The van der Waals surface area contributed by atoms with Crippen molar-refractivity contribution in [3.63, 3.8) is 0 Å². The highest BCUT2D eigenvalue weighted by Crippen LogP contribution is 2.29. The number of rotatable bonds is 21. The van der Waals surface area contributed by atoms with E-state index >= 15 is 0 Å². The third-order valence-electron chi connectivity index (χ3n) is 3.54. The summed E-state index contributed by atoms with van der Waals surface area (Å²) in [4.78, 5) is 27.4. The molecule has 1 aromatic rings. The van der Waals surface area contributed by atoms with Gasteiger partial charge in [0.1, 0.15) is 5.03 Å². The van der Waals surface area contributed by atoms with Crippen LogP contribution in [-0.4, -0.2) is 93.4 Å². The summed E-state index contributed by atoms with van der Waals surface area (Å²) >= 11 is 0. The lowest BCUT2D eigenvalue weighted by atomic mass is 10.4. The van der Waals surface area contributed by atoms with Crippen LogP contribution in [0.2, 0.25) is 0 Å². The summed E-state index contributed by atoms with van der Waals surface area (Å²) in [5.41, 5.74) is 0. The van der Waals surface area contributed by atoms with Crippen LogP contribution in [0.15, 0.2) is 29.4 Å². The van der Waals surface area contributed by atoms with E-state index in [2.05, 4.69) is 10.3 Å². The van der Waals surface area contributed by atoms with E-state index in [1.165, 1.54) is 21.6 Å². The number of hydrogen-bond acceptors (Lipinski definition) is 10. The molecule has 1 amide bonds. The van der Waals surface area contributed by atoms with E-state index in [0.29, 0.717) is 52.0 Å². The monoisotopic (exact) mass is 492 g/mol. The molecule has 0 fully saturated rings. The molecule has 1 aromatic heterocycles. The van der Waals surface area contributed by atoms with Crippen molar-refractivity contribution in [1.82, 2.24) is 10.3 Å². The number of carbonyl (C=O) groups excluding carboxylic acids is 1. The molecule has 1 unspecified atom stereocenters. The number of nitrogens with zero attached hydrogens (tertiary/aromatic N) is 1. The van der Waals surface area contributed by atoms with Crippen molar-refractivity contribution < 1.29 is 38.4 Å². The first-order valence-electron chi connectivity index (χ1n) is 10.3. The summed E-state index contributed by atoms with van der Waals surface area (Å²) in [5.74, 6) is -1.15. The van der Waals surface area contributed by atoms with Gasteiger partial charge in [-0.2, -0.15) is 0 Å². The SMILES string of the molecule is CCOCCOCCOCCOCCOC(NC(=O)CCSSc1ccccn1)C(=O)O. The first kappa shape index (κ1) is 28.6. The van der Waals surface area contributed by atoms with E-state index in [1.807, 2.05) is 25.1 Å². The number of carboxylic acids is 1. The van der Waals surface area contributed by atoms with Crippen LogP contribution in [0.1, 0.15) is 13.3 Å². The number of carbonyl (C=O) groups is 2. The lowest BCUT2D eigenvalue weighted by Crippen LogP contribution is -2.43. The van der Waals surface area contributed by atoms with Gasteiger partial charge in [-0.15, -0.1) is 0 Å². The van der Waals surface area contributed by atoms with Gasteiger partial charge < -0.3 is 34.1 Å². The Hall–Kier alpha value is -1.41. The van der Waals surface area contributed by atoms with Crippen LogP contribution in [0.3, 0.4) is 0 Å². The summed E-state index contributed by atoms with van der Waals surface area (Å²) in [6.45, 7) is 5.60. The van der Waals surface area contributed by atoms with Gasteiger partial charge >= 0.3 is 5.97 Å². The molecule has 12 heteroatoms. The Kier molecular flexibility index (Phi) is 18.1. The third kappa shape index (κ3) is 16.3. The van der Waals surface area contributed by atoms with E-state index in [-0.39, 0.29) is 19.6 Å². The topological polar surface area (TPSA) is 125 Å². The highest BCUT2D eigenvalue weighted by molar-refractivity contribution is 8.76. The number of aliphatic carboxylic acids is 1. The van der Waals surface area contributed by atoms with Gasteiger partial charge in [0, 0.05) is 25.0 Å². The number of pyridine rings is 1. The summed E-state index contributed by atoms with van der Waals surface area (Å²) in [5, 5.41) is 12.4. The van der Waals surface area contributed by atoms with Crippen LogP contribution in [0, 0.1) is 0 Å². The standard InChI is InChI=1S/C20H32N2O8S2/c1-2-26-8-9-27-10-11-28-12-13-29-14-15-30-19(20(24)25)22-17(23)6-16-31-32-18-5-3-4-7-21-18/h3-5,7,19H,2,6,8-16H2,1H3,(H,22,23)(H,24,25). The maximum absolute atomic E-state index is 11.9. The van der Waals surface area contributed by atoms with E-state index in [1.54, 1.807) is 6.20 Å². The summed E-state index contributed by atoms with van der Waals surface area (Å²) in [7, 11) is 2.93. The fourth-order valence-electron chi connectivity index (χ4n) is 2.05. The molecule has 0 aliphatic rings. The molecule has 1 rings (SSSR count). The molecule has 10 nitrogen and oxygen atoms in total. The average molecular weight is 493 g/mol. The zero-order chi connectivity index (χ0) is 23.3. The Morgan fingerprint density at radius 1 is 1.00 bits per heavy atom. The van der Waals surface area contributed by atoms with Gasteiger partial charge in [0.2, 0.25) is 12.1 Å². The smallest absolute Gasteiger partial charge is 0.354 e. The van der Waals surface area contributed by atoms with E-state index in [4.69, 9.17) is 23.7 Å². The second-order valence-electron chi connectivity index (χ2n) is 6.01. The van der Waals surface area contributed by atoms with Gasteiger partial charge in [-0.25, -0.2) is 9.78 Å². The predicted molar refractivity (Wildman–Crippen MR) is 122 cm³/mol. The molecule has 182 valence electrons. The summed E-state index contributed by atoms with van der Waals surface area (Å²) in [6.07, 6.45) is 0.452. The second-order valence-corrected chi connectivity index (χ2v) is 8.45. The highest BCUT2D eigenvalue weighted by atomic mass is 33.1. The zero-order valence-corrected chi connectivity index (χ0v) is 19.9. The summed E-state index contributed by atoms with van der Waals surface area (Å²) < 4.78 is 26.3. The Morgan fingerprint density at radius 2 is 1.62 bits per heavy atom. The van der Waals surface area contributed by atoms with Crippen molar-refractivity contribution in [3.8, 4) is 0 Å². The van der Waals surface area contributed by atoms with Crippen molar-refractivity contribution in [2.75, 3.05) is 65.2 Å². The number of nitrogens with one attached hydrogen (secondary N) is 1. The molecule has 32 heavy (non-hydrogen) atoms. The second kappa shape index (κ2) is 20.2. The van der Waals surface area contributed by atoms with Crippen LogP contribution in [0.25, 0.3) is 0 Å². The van der Waals surface area contributed by atoms with Crippen LogP contribution in [0.5, 0.6) is 0 Å². The summed E-state index contributed by atoms with van der Waals surface area (Å²) in [6, 6.07) is 5.59. The largest absolute Gasteiger partial charge is 0.478 e. The molecule has 2 N–H and O–H groups in total. The van der Waals surface area contributed by atoms with Crippen LogP contribution < -0.4 is 5.32 Å². The Morgan fingerprint density at radius 3 is 2.19 bits per heavy atom. The van der Waals surface area contributed by atoms with Gasteiger partial charge in [0.05, 0.1) is 52.9 Å². The minimum Gasteiger partial charge on any atom is -0.478 e. The maximum atomic E-state index is 11.9. The minimum absolute atomic E-state index is 0.0298. The molecule has 0 saturated carbocycles. The fourth-order valence-corrected chi connectivity index (χ4v) is 3.92. The van der Waals surface area contributed by atoms with Crippen molar-refractivity contribution in [2.45, 2.75) is 24.6 Å². The van der Waals surface area contributed by atoms with Gasteiger partial charge in [-0.05, 0) is 29.9 Å². The lowest BCUT2D eigenvalue weighted by molar-refractivity contribution is -0.157. The van der Waals surface area contributed by atoms with Crippen LogP contribution in [-0.2, 0) is 33.3 Å². The average Bonchev–Trinajstić information content (AvgIpc) is 2.79. The highest BCUT2D eigenvalue weighted by Gasteiger charge is 2.20. The van der Waals surface area contributed by atoms with Crippen molar-refractivity contribution in [2.24, 2.45) is 0 Å². The van der Waals surface area contributed by atoms with Crippen molar-refractivity contribution in [1.29, 1.82) is 0 Å². The van der Waals surface area contributed by atoms with Crippen molar-refractivity contribution >= 4 is 33.5 Å². The van der Waals surface area contributed by atoms with Gasteiger partial charge in [0.25, 0.3) is 0 Å². The number of amides is 1. The molecule has 0 aromatic carbocycles. The van der Waals surface area contributed by atoms with Crippen LogP contribution >= 0.6 is 21.6 Å². The Balaban J connectivity index is 1.99. The number of hydrogen-bond donors (Lipinski definition) is 2. The normalized spacial score (nSPS) is 11.9. The Bertz CT molecular complexity index is 613. The van der Waals surface area contributed by atoms with E-state index in [0.717, 1.165) is 5.03 Å². The molecule has 0 spiro atoms. The van der Waals surface area contributed by atoms with Gasteiger partial charge in [-0.1, -0.05) is 16.9 Å². The van der Waals surface area contributed by atoms with Crippen LogP contribution in [0.4, 0.5) is 0 Å². The minimum atomic E-state index is -1.41. The van der Waals surface area contributed by atoms with Gasteiger partial charge in [-0.3, -0.25) is 4.79 Å². The number of aromatic nitrogens is 1. The molecule has 0 radical (unpaired) electrons. The van der Waals surface area contributed by atoms with E-state index in [9.17, 15) is 14.7 Å². The molecule has 0 aliphatic heterocycles. The first-order chi connectivity index (χ1) is 15.6. The molecule has 0 bridgehead atoms. The number of carboxylic acid groups (broad SMARTS) is 1. The molecule has 0 aliphatic carbocycles. The molecule has 1 heterocycles. The first-order valence-corrected chi connectivity index (χ1v) is 12.6. The quantitative estimate of drug-likeness (QED) is 0.148. The van der Waals surface area contributed by atoms with E-state index < -0.39 is 18.1 Å². The molecule has 1 atom stereocenters. The lowest BCUT2D eigenvalue weighted by Gasteiger charge is -2.15. The predicted octanol–water partition coefficient (Wildman–Crippen LogP) is 1.84. The Labute approximate surface area is 196 Å². The third-order valence-corrected chi connectivity index (χ3v) is 5.81. The number of ether oxygens (including phenoxy) is 5. The fraction of sp³-hybridized carbons (Fsp3) is 0.650. The zero-order valence-electron chi connectivity index (χ0n) is 18.2. The molecular formula is C20H32N2O8S2. The molecular weight excluding hydrogens is 460 g/mol. The van der Waals surface area contributed by atoms with Crippen molar-refractivity contribution in [3.05, 3.63) is 24.4 Å². The molecule has 0 saturated heterocycles. The maximum Gasteiger partial charge on any atom is 0.354 e. The van der Waals surface area contributed by atoms with Gasteiger partial charge in [0.15, 0.2) is 0 Å².